The summed E-state index contributed by atoms with van der Waals surface area (Å²) in [5.74, 6) is 0.717. The molecule has 0 radical (unpaired) electrons. The molecule has 156 valence electrons. The van der Waals surface area contributed by atoms with E-state index in [9.17, 15) is 4.79 Å². The van der Waals surface area contributed by atoms with Gasteiger partial charge in [-0.1, -0.05) is 66.7 Å². The molecule has 1 aliphatic rings. The van der Waals surface area contributed by atoms with Gasteiger partial charge in [-0.05, 0) is 67.6 Å². The van der Waals surface area contributed by atoms with Crippen LogP contribution in [0, 0.1) is 0 Å². The lowest BCUT2D eigenvalue weighted by Crippen LogP contribution is -2.34. The fourth-order valence-electron chi connectivity index (χ4n) is 4.83. The summed E-state index contributed by atoms with van der Waals surface area (Å²) in [5, 5.41) is 1.19. The van der Waals surface area contributed by atoms with Crippen molar-refractivity contribution in [3.63, 3.8) is 0 Å². The van der Waals surface area contributed by atoms with E-state index in [1.807, 2.05) is 47.0 Å². The third kappa shape index (κ3) is 4.19. The third-order valence-corrected chi connectivity index (χ3v) is 6.59. The molecule has 2 heterocycles. The van der Waals surface area contributed by atoms with Gasteiger partial charge in [-0.2, -0.15) is 0 Å². The number of hydrogen-bond acceptors (Lipinski definition) is 2. The van der Waals surface area contributed by atoms with E-state index in [0.29, 0.717) is 5.92 Å². The van der Waals surface area contributed by atoms with Crippen molar-refractivity contribution in [1.29, 1.82) is 0 Å². The van der Waals surface area contributed by atoms with Crippen LogP contribution in [0.25, 0.3) is 10.9 Å². The van der Waals surface area contributed by atoms with Gasteiger partial charge in [0.15, 0.2) is 0 Å². The normalized spacial score (nSPS) is 15.4. The van der Waals surface area contributed by atoms with Crippen molar-refractivity contribution in [3.05, 3.63) is 108 Å². The summed E-state index contributed by atoms with van der Waals surface area (Å²) in [4.78, 5) is 15.7. The van der Waals surface area contributed by atoms with Crippen LogP contribution >= 0.6 is 0 Å². The van der Waals surface area contributed by atoms with E-state index in [4.69, 9.17) is 0 Å². The molecule has 5 rings (SSSR count). The van der Waals surface area contributed by atoms with Crippen LogP contribution in [-0.4, -0.2) is 35.0 Å². The first-order valence-corrected chi connectivity index (χ1v) is 11.3. The Morgan fingerprint density at radius 2 is 1.45 bits per heavy atom. The molecule has 3 aromatic carbocycles. The number of hydrogen-bond donors (Lipinski definition) is 0. The maximum absolute atomic E-state index is 13.1. The van der Waals surface area contributed by atoms with Crippen molar-refractivity contribution in [2.24, 2.45) is 0 Å². The second-order valence-corrected chi connectivity index (χ2v) is 8.49. The zero-order chi connectivity index (χ0) is 21.0. The summed E-state index contributed by atoms with van der Waals surface area (Å²) < 4.78 is 1.82. The maximum Gasteiger partial charge on any atom is 0.262 e. The predicted octanol–water partition coefficient (Wildman–Crippen LogP) is 5.75. The highest BCUT2D eigenvalue weighted by Crippen LogP contribution is 2.28. The van der Waals surface area contributed by atoms with Crippen molar-refractivity contribution >= 4 is 16.8 Å². The molecule has 0 unspecified atom stereocenters. The van der Waals surface area contributed by atoms with Gasteiger partial charge in [-0.25, -0.2) is 0 Å². The van der Waals surface area contributed by atoms with Crippen LogP contribution in [0.2, 0.25) is 0 Å². The van der Waals surface area contributed by atoms with Crippen LogP contribution in [0.15, 0.2) is 91.1 Å². The van der Waals surface area contributed by atoms with Gasteiger partial charge in [0, 0.05) is 23.7 Å². The van der Waals surface area contributed by atoms with Gasteiger partial charge in [0.1, 0.15) is 0 Å². The number of carbonyl (C=O) groups is 1. The van der Waals surface area contributed by atoms with Gasteiger partial charge >= 0.3 is 0 Å². The number of fused-ring (bicyclic) bond motifs is 1. The molecular formula is C28H28N2O. The van der Waals surface area contributed by atoms with Crippen LogP contribution in [0.3, 0.4) is 0 Å². The second-order valence-electron chi connectivity index (χ2n) is 8.49. The van der Waals surface area contributed by atoms with Crippen molar-refractivity contribution < 1.29 is 4.79 Å². The average molecular weight is 409 g/mol. The number of piperidine rings is 1. The van der Waals surface area contributed by atoms with Crippen LogP contribution < -0.4 is 0 Å². The lowest BCUT2D eigenvalue weighted by molar-refractivity contribution is 0.0965. The fourth-order valence-corrected chi connectivity index (χ4v) is 4.83. The zero-order valence-electron chi connectivity index (χ0n) is 17.8. The van der Waals surface area contributed by atoms with Crippen molar-refractivity contribution in [2.45, 2.75) is 25.2 Å². The van der Waals surface area contributed by atoms with Gasteiger partial charge in [-0.15, -0.1) is 0 Å². The highest BCUT2D eigenvalue weighted by molar-refractivity contribution is 6.02. The maximum atomic E-state index is 13.1. The van der Waals surface area contributed by atoms with E-state index in [2.05, 4.69) is 53.6 Å². The van der Waals surface area contributed by atoms with Crippen LogP contribution in [0.4, 0.5) is 0 Å². The molecule has 31 heavy (non-hydrogen) atoms. The molecule has 1 fully saturated rings. The fraction of sp³-hybridized carbons (Fsp3) is 0.250. The van der Waals surface area contributed by atoms with Crippen molar-refractivity contribution in [3.8, 4) is 0 Å². The Labute approximate surface area is 183 Å². The van der Waals surface area contributed by atoms with Gasteiger partial charge in [0.2, 0.25) is 0 Å². The Balaban J connectivity index is 1.29. The van der Waals surface area contributed by atoms with E-state index >= 15 is 0 Å². The van der Waals surface area contributed by atoms with Gasteiger partial charge < -0.3 is 4.90 Å². The minimum atomic E-state index is 0.0340. The molecular weight excluding hydrogens is 380 g/mol. The van der Waals surface area contributed by atoms with E-state index in [0.717, 1.165) is 37.1 Å². The monoisotopic (exact) mass is 408 g/mol. The molecule has 0 aliphatic carbocycles. The summed E-state index contributed by atoms with van der Waals surface area (Å²) in [6.07, 6.45) is 5.46. The van der Waals surface area contributed by atoms with E-state index in [-0.39, 0.29) is 5.91 Å². The van der Waals surface area contributed by atoms with Crippen LogP contribution in [0.5, 0.6) is 0 Å². The average Bonchev–Trinajstić information content (AvgIpc) is 3.22. The number of para-hydroxylation sites is 1. The molecule has 0 spiro atoms. The molecule has 4 aromatic rings. The molecule has 0 amide bonds. The lowest BCUT2D eigenvalue weighted by Gasteiger charge is -2.32. The standard InChI is InChI=1S/C28H28N2O/c31-28(24-11-5-2-6-12-24)30-21-25(26-13-7-8-14-27(26)30)17-20-29-18-15-23(16-19-29)22-9-3-1-4-10-22/h1-14,21,23H,15-20H2. The van der Waals surface area contributed by atoms with Gasteiger partial charge in [0.25, 0.3) is 5.91 Å². The number of nitrogens with zero attached hydrogens (tertiary/aromatic N) is 2. The molecule has 1 saturated heterocycles. The number of benzene rings is 3. The Bertz CT molecular complexity index is 1160. The summed E-state index contributed by atoms with van der Waals surface area (Å²) >= 11 is 0. The van der Waals surface area contributed by atoms with Gasteiger partial charge in [0.05, 0.1) is 5.52 Å². The first-order chi connectivity index (χ1) is 15.3. The quantitative estimate of drug-likeness (QED) is 0.420. The second kappa shape index (κ2) is 8.91. The predicted molar refractivity (Wildman–Crippen MR) is 127 cm³/mol. The zero-order valence-corrected chi connectivity index (χ0v) is 17.8. The minimum Gasteiger partial charge on any atom is -0.303 e. The number of carbonyl (C=O) groups excluding carboxylic acids is 1. The summed E-state index contributed by atoms with van der Waals surface area (Å²) in [7, 11) is 0. The first-order valence-electron chi connectivity index (χ1n) is 11.3. The molecule has 0 bridgehead atoms. The molecule has 0 atom stereocenters. The minimum absolute atomic E-state index is 0.0340. The Hall–Kier alpha value is -3.17. The van der Waals surface area contributed by atoms with Crippen molar-refractivity contribution in [2.75, 3.05) is 19.6 Å². The highest BCUT2D eigenvalue weighted by atomic mass is 16.2. The number of likely N-dealkylation sites (tertiary alicyclic amines) is 1. The Morgan fingerprint density at radius 1 is 0.806 bits per heavy atom. The molecule has 1 aromatic heterocycles. The molecule has 0 N–H and O–H groups in total. The number of rotatable bonds is 5. The lowest BCUT2D eigenvalue weighted by atomic mass is 9.89. The van der Waals surface area contributed by atoms with Crippen LogP contribution in [-0.2, 0) is 6.42 Å². The number of aromatic nitrogens is 1. The summed E-state index contributed by atoms with van der Waals surface area (Å²) in [6.45, 7) is 3.32. The van der Waals surface area contributed by atoms with Gasteiger partial charge in [-0.3, -0.25) is 9.36 Å². The molecule has 1 aliphatic heterocycles. The largest absolute Gasteiger partial charge is 0.303 e. The Morgan fingerprint density at radius 3 is 2.19 bits per heavy atom. The van der Waals surface area contributed by atoms with E-state index in [1.54, 1.807) is 0 Å². The topological polar surface area (TPSA) is 25.2 Å². The van der Waals surface area contributed by atoms with Crippen molar-refractivity contribution in [1.82, 2.24) is 9.47 Å². The van der Waals surface area contributed by atoms with E-state index in [1.165, 1.54) is 29.4 Å². The SMILES string of the molecule is O=C(c1ccccc1)n1cc(CCN2CCC(c3ccccc3)CC2)c2ccccc21. The van der Waals surface area contributed by atoms with E-state index < -0.39 is 0 Å². The Kier molecular flexibility index (Phi) is 5.68. The summed E-state index contributed by atoms with van der Waals surface area (Å²) in [5.41, 5.74) is 4.45. The van der Waals surface area contributed by atoms with Crippen LogP contribution in [0.1, 0.15) is 40.2 Å². The molecule has 3 nitrogen and oxygen atoms in total. The summed E-state index contributed by atoms with van der Waals surface area (Å²) in [6, 6.07) is 28.7. The molecule has 0 saturated carbocycles. The first kappa shape index (κ1) is 19.8. The third-order valence-electron chi connectivity index (χ3n) is 6.59. The molecule has 3 heteroatoms. The highest BCUT2D eigenvalue weighted by Gasteiger charge is 2.21. The smallest absolute Gasteiger partial charge is 0.262 e.